The van der Waals surface area contributed by atoms with Crippen LogP contribution in [0.2, 0.25) is 5.02 Å². The summed E-state index contributed by atoms with van der Waals surface area (Å²) < 4.78 is 0. The maximum Gasteiger partial charge on any atom is 0.157 e. The number of hydrogen-bond acceptors (Lipinski definition) is 5. The molecule has 0 saturated carbocycles. The van der Waals surface area contributed by atoms with E-state index in [1.165, 1.54) is 11.1 Å². The highest BCUT2D eigenvalue weighted by molar-refractivity contribution is 6.36. The van der Waals surface area contributed by atoms with Crippen LogP contribution in [-0.2, 0) is 6.54 Å². The zero-order chi connectivity index (χ0) is 20.9. The van der Waals surface area contributed by atoms with Crippen LogP contribution in [0.15, 0.2) is 67.0 Å². The molecule has 0 unspecified atom stereocenters. The van der Waals surface area contributed by atoms with Gasteiger partial charge >= 0.3 is 0 Å². The zero-order valence-corrected chi connectivity index (χ0v) is 17.4. The second-order valence-corrected chi connectivity index (χ2v) is 7.40. The first kappa shape index (κ1) is 20.3. The van der Waals surface area contributed by atoms with Crippen molar-refractivity contribution in [1.82, 2.24) is 15.3 Å². The number of aliphatic hydroxyl groups excluding tert-OH is 1. The second-order valence-electron chi connectivity index (χ2n) is 7.02. The Labute approximate surface area is 180 Å². The molecular formula is C24H23ClN4O. The summed E-state index contributed by atoms with van der Waals surface area (Å²) in [6.45, 7) is 3.24. The number of fused-ring (bicyclic) bond motifs is 1. The normalized spacial score (nSPS) is 11.0. The third-order valence-corrected chi connectivity index (χ3v) is 5.51. The molecule has 0 amide bonds. The molecule has 0 spiro atoms. The minimum atomic E-state index is 0.0814. The van der Waals surface area contributed by atoms with E-state index in [0.29, 0.717) is 23.9 Å². The minimum absolute atomic E-state index is 0.0814. The molecule has 0 atom stereocenters. The van der Waals surface area contributed by atoms with E-state index in [1.807, 2.05) is 36.4 Å². The lowest BCUT2D eigenvalue weighted by atomic mass is 9.99. The number of halogens is 1. The van der Waals surface area contributed by atoms with Gasteiger partial charge in [0.15, 0.2) is 5.82 Å². The Bertz CT molecular complexity index is 1160. The fourth-order valence-corrected chi connectivity index (χ4v) is 3.75. The van der Waals surface area contributed by atoms with Gasteiger partial charge < -0.3 is 15.7 Å². The van der Waals surface area contributed by atoms with E-state index in [2.05, 4.69) is 45.7 Å². The van der Waals surface area contributed by atoms with Crippen LogP contribution >= 0.6 is 11.6 Å². The van der Waals surface area contributed by atoms with Gasteiger partial charge in [0.2, 0.25) is 0 Å². The van der Waals surface area contributed by atoms with Crippen molar-refractivity contribution in [1.29, 1.82) is 0 Å². The summed E-state index contributed by atoms with van der Waals surface area (Å²) in [6, 6.07) is 18.4. The van der Waals surface area contributed by atoms with Gasteiger partial charge in [-0.3, -0.25) is 4.98 Å². The molecule has 30 heavy (non-hydrogen) atoms. The van der Waals surface area contributed by atoms with Gasteiger partial charge in [-0.25, -0.2) is 4.98 Å². The van der Waals surface area contributed by atoms with E-state index in [0.717, 1.165) is 27.7 Å². The van der Waals surface area contributed by atoms with E-state index in [4.69, 9.17) is 16.7 Å². The fraction of sp³-hybridized carbons (Fsp3) is 0.167. The van der Waals surface area contributed by atoms with Gasteiger partial charge in [-0.05, 0) is 35.7 Å². The molecule has 2 heterocycles. The summed E-state index contributed by atoms with van der Waals surface area (Å²) in [4.78, 5) is 9.13. The topological polar surface area (TPSA) is 70.1 Å². The average Bonchev–Trinajstić information content (AvgIpc) is 2.78. The molecule has 152 valence electrons. The monoisotopic (exact) mass is 418 g/mol. The van der Waals surface area contributed by atoms with Crippen molar-refractivity contribution >= 4 is 34.0 Å². The standard InChI is InChI=1S/C24H23ClN4O/c1-16-19(17-6-3-2-4-7-17)8-5-9-21(16)29-24-23-20(10-11-27-24)22(25)18(15-28-23)14-26-12-13-30/h2-11,15,26,30H,12-14H2,1H3,(H,27,29). The fourth-order valence-electron chi connectivity index (χ4n) is 3.48. The smallest absolute Gasteiger partial charge is 0.157 e. The highest BCUT2D eigenvalue weighted by Gasteiger charge is 2.13. The molecular weight excluding hydrogens is 396 g/mol. The largest absolute Gasteiger partial charge is 0.395 e. The minimum Gasteiger partial charge on any atom is -0.395 e. The number of pyridine rings is 2. The van der Waals surface area contributed by atoms with Crippen molar-refractivity contribution in [2.24, 2.45) is 0 Å². The van der Waals surface area contributed by atoms with E-state index in [-0.39, 0.29) is 6.61 Å². The van der Waals surface area contributed by atoms with Gasteiger partial charge in [0, 0.05) is 42.1 Å². The molecule has 3 N–H and O–H groups in total. The maximum absolute atomic E-state index is 8.95. The molecule has 4 aromatic rings. The molecule has 0 saturated heterocycles. The maximum atomic E-state index is 8.95. The molecule has 5 nitrogen and oxygen atoms in total. The van der Waals surface area contributed by atoms with E-state index in [9.17, 15) is 0 Å². The number of nitrogens with zero attached hydrogens (tertiary/aromatic N) is 2. The van der Waals surface area contributed by atoms with Crippen LogP contribution in [0.25, 0.3) is 22.0 Å². The van der Waals surface area contributed by atoms with Crippen molar-refractivity contribution in [2.45, 2.75) is 13.5 Å². The van der Waals surface area contributed by atoms with Gasteiger partial charge in [0.1, 0.15) is 5.52 Å². The highest BCUT2D eigenvalue weighted by Crippen LogP contribution is 2.33. The first-order valence-electron chi connectivity index (χ1n) is 9.84. The summed E-state index contributed by atoms with van der Waals surface area (Å²) in [5.74, 6) is 0.664. The summed E-state index contributed by atoms with van der Waals surface area (Å²) in [6.07, 6.45) is 3.49. The molecule has 4 rings (SSSR count). The van der Waals surface area contributed by atoms with Crippen molar-refractivity contribution in [3.63, 3.8) is 0 Å². The molecule has 0 radical (unpaired) electrons. The third-order valence-electron chi connectivity index (χ3n) is 5.07. The van der Waals surface area contributed by atoms with Gasteiger partial charge in [-0.2, -0.15) is 0 Å². The van der Waals surface area contributed by atoms with Crippen LogP contribution in [0.5, 0.6) is 0 Å². The second kappa shape index (κ2) is 9.22. The van der Waals surface area contributed by atoms with Crippen LogP contribution in [0, 0.1) is 6.92 Å². The SMILES string of the molecule is Cc1c(Nc2nccc3c(Cl)c(CNCCO)cnc23)cccc1-c1ccccc1. The predicted octanol–water partition coefficient (Wildman–Crippen LogP) is 5.08. The Kier molecular flexibility index (Phi) is 6.23. The number of hydrogen-bond donors (Lipinski definition) is 3. The van der Waals surface area contributed by atoms with E-state index >= 15 is 0 Å². The summed E-state index contributed by atoms with van der Waals surface area (Å²) in [7, 11) is 0. The van der Waals surface area contributed by atoms with Crippen molar-refractivity contribution < 1.29 is 5.11 Å². The lowest BCUT2D eigenvalue weighted by molar-refractivity contribution is 0.292. The van der Waals surface area contributed by atoms with Gasteiger partial charge in [0.05, 0.1) is 11.6 Å². The van der Waals surface area contributed by atoms with E-state index < -0.39 is 0 Å². The lowest BCUT2D eigenvalue weighted by Crippen LogP contribution is -2.17. The summed E-state index contributed by atoms with van der Waals surface area (Å²) in [5, 5.41) is 17.0. The van der Waals surface area contributed by atoms with Gasteiger partial charge in [0.25, 0.3) is 0 Å². The molecule has 0 aliphatic heterocycles. The number of aromatic nitrogens is 2. The zero-order valence-electron chi connectivity index (χ0n) is 16.7. The highest BCUT2D eigenvalue weighted by atomic mass is 35.5. The Morgan fingerprint density at radius 1 is 1.00 bits per heavy atom. The van der Waals surface area contributed by atoms with Gasteiger partial charge in [-0.15, -0.1) is 0 Å². The average molecular weight is 419 g/mol. The van der Waals surface area contributed by atoms with E-state index in [1.54, 1.807) is 12.4 Å². The summed E-state index contributed by atoms with van der Waals surface area (Å²) in [5.41, 5.74) is 6.06. The van der Waals surface area contributed by atoms with Crippen LogP contribution in [0.1, 0.15) is 11.1 Å². The van der Waals surface area contributed by atoms with Crippen molar-refractivity contribution in [3.8, 4) is 11.1 Å². The van der Waals surface area contributed by atoms with Gasteiger partial charge in [-0.1, -0.05) is 54.1 Å². The molecule has 2 aromatic carbocycles. The van der Waals surface area contributed by atoms with Crippen LogP contribution in [0.4, 0.5) is 11.5 Å². The molecule has 0 aliphatic rings. The van der Waals surface area contributed by atoms with Crippen LogP contribution < -0.4 is 10.6 Å². The lowest BCUT2D eigenvalue weighted by Gasteiger charge is -2.15. The Balaban J connectivity index is 1.69. The molecule has 6 heteroatoms. The van der Waals surface area contributed by atoms with Crippen molar-refractivity contribution in [3.05, 3.63) is 83.1 Å². The molecule has 0 fully saturated rings. The first-order valence-corrected chi connectivity index (χ1v) is 10.2. The number of nitrogens with one attached hydrogen (secondary N) is 2. The van der Waals surface area contributed by atoms with Crippen molar-refractivity contribution in [2.75, 3.05) is 18.5 Å². The first-order chi connectivity index (χ1) is 14.7. The Morgan fingerprint density at radius 2 is 1.83 bits per heavy atom. The number of benzene rings is 2. The Morgan fingerprint density at radius 3 is 2.63 bits per heavy atom. The predicted molar refractivity (Wildman–Crippen MR) is 123 cm³/mol. The molecule has 2 aromatic heterocycles. The van der Waals surface area contributed by atoms with Crippen LogP contribution in [-0.4, -0.2) is 28.2 Å². The third kappa shape index (κ3) is 4.14. The summed E-state index contributed by atoms with van der Waals surface area (Å²) >= 11 is 6.63. The number of rotatable bonds is 7. The van der Waals surface area contributed by atoms with Crippen LogP contribution in [0.3, 0.4) is 0 Å². The molecule has 0 bridgehead atoms. The Hall–Kier alpha value is -2.99. The molecule has 0 aliphatic carbocycles. The quantitative estimate of drug-likeness (QED) is 0.365. The number of anilines is 2. The number of aliphatic hydroxyl groups is 1.